The molecule has 5 nitrogen and oxygen atoms in total. The van der Waals surface area contributed by atoms with E-state index in [2.05, 4.69) is 20.6 Å². The molecule has 0 bridgehead atoms. The first kappa shape index (κ1) is 6.68. The second-order valence-electron chi connectivity index (χ2n) is 2.05. The van der Waals surface area contributed by atoms with E-state index in [-0.39, 0.29) is 5.92 Å². The summed E-state index contributed by atoms with van der Waals surface area (Å²) in [5.74, 6) is 0.765. The van der Waals surface area contributed by atoms with Gasteiger partial charge in [0, 0.05) is 12.3 Å². The number of tetrazole rings is 1. The van der Waals surface area contributed by atoms with Gasteiger partial charge < -0.3 is 0 Å². The number of hydrogen-bond acceptors (Lipinski definition) is 4. The van der Waals surface area contributed by atoms with Gasteiger partial charge in [0.25, 0.3) is 0 Å². The van der Waals surface area contributed by atoms with Gasteiger partial charge in [-0.2, -0.15) is 5.26 Å². The molecular formula is C5H7N5. The molecule has 52 valence electrons. The van der Waals surface area contributed by atoms with Crippen LogP contribution in [0.25, 0.3) is 0 Å². The zero-order chi connectivity index (χ0) is 7.40. The van der Waals surface area contributed by atoms with E-state index in [1.165, 1.54) is 0 Å². The largest absolute Gasteiger partial charge is 0.243 e. The molecule has 0 saturated heterocycles. The Labute approximate surface area is 58.1 Å². The summed E-state index contributed by atoms with van der Waals surface area (Å²) in [5.41, 5.74) is 0. The van der Waals surface area contributed by atoms with Crippen molar-refractivity contribution in [3.05, 3.63) is 5.82 Å². The van der Waals surface area contributed by atoms with Gasteiger partial charge in [-0.3, -0.25) is 0 Å². The zero-order valence-electron chi connectivity index (χ0n) is 5.57. The number of nitrogens with one attached hydrogen (secondary N) is 1. The second-order valence-corrected chi connectivity index (χ2v) is 2.05. The van der Waals surface area contributed by atoms with Crippen molar-refractivity contribution < 1.29 is 0 Å². The monoisotopic (exact) mass is 137 g/mol. The number of aromatic amines is 1. The van der Waals surface area contributed by atoms with Crippen LogP contribution in [0.1, 0.15) is 25.1 Å². The predicted molar refractivity (Wildman–Crippen MR) is 32.8 cm³/mol. The van der Waals surface area contributed by atoms with Crippen molar-refractivity contribution in [1.29, 1.82) is 5.26 Å². The van der Waals surface area contributed by atoms with E-state index in [0.29, 0.717) is 12.2 Å². The quantitative estimate of drug-likeness (QED) is 0.632. The number of rotatable bonds is 2. The van der Waals surface area contributed by atoms with Crippen molar-refractivity contribution in [2.24, 2.45) is 0 Å². The van der Waals surface area contributed by atoms with Crippen LogP contribution in [-0.2, 0) is 0 Å². The van der Waals surface area contributed by atoms with Crippen molar-refractivity contribution in [2.45, 2.75) is 19.3 Å². The maximum absolute atomic E-state index is 8.30. The van der Waals surface area contributed by atoms with Crippen LogP contribution in [0.15, 0.2) is 0 Å². The summed E-state index contributed by atoms with van der Waals surface area (Å²) in [4.78, 5) is 0. The zero-order valence-corrected chi connectivity index (χ0v) is 5.57. The van der Waals surface area contributed by atoms with E-state index in [1.807, 2.05) is 13.0 Å². The first-order valence-corrected chi connectivity index (χ1v) is 2.95. The molecule has 0 spiro atoms. The Morgan fingerprint density at radius 3 is 3.10 bits per heavy atom. The molecule has 1 rings (SSSR count). The maximum atomic E-state index is 8.30. The molecule has 1 heterocycles. The molecule has 1 aromatic heterocycles. The molecule has 1 atom stereocenters. The third-order valence-electron chi connectivity index (χ3n) is 1.23. The maximum Gasteiger partial charge on any atom is 0.152 e. The summed E-state index contributed by atoms with van der Waals surface area (Å²) in [6, 6.07) is 2.04. The van der Waals surface area contributed by atoms with E-state index in [4.69, 9.17) is 5.26 Å². The lowest BCUT2D eigenvalue weighted by molar-refractivity contribution is 0.722. The van der Waals surface area contributed by atoms with Crippen LogP contribution >= 0.6 is 0 Å². The summed E-state index contributed by atoms with van der Waals surface area (Å²) in [6.07, 6.45) is 0.441. The summed E-state index contributed by atoms with van der Waals surface area (Å²) >= 11 is 0. The molecule has 0 aliphatic rings. The third kappa shape index (κ3) is 1.29. The molecule has 0 amide bonds. The lowest BCUT2D eigenvalue weighted by Gasteiger charge is -1.97. The van der Waals surface area contributed by atoms with Crippen LogP contribution in [-0.4, -0.2) is 20.6 Å². The summed E-state index contributed by atoms with van der Waals surface area (Å²) in [7, 11) is 0. The lowest BCUT2D eigenvalue weighted by Crippen LogP contribution is -1.94. The van der Waals surface area contributed by atoms with Gasteiger partial charge in [0.2, 0.25) is 0 Å². The Morgan fingerprint density at radius 2 is 2.60 bits per heavy atom. The van der Waals surface area contributed by atoms with Gasteiger partial charge in [0.15, 0.2) is 5.82 Å². The highest BCUT2D eigenvalue weighted by molar-refractivity contribution is 4.92. The highest BCUT2D eigenvalue weighted by Gasteiger charge is 2.07. The molecule has 0 aromatic carbocycles. The average molecular weight is 137 g/mol. The highest BCUT2D eigenvalue weighted by Crippen LogP contribution is 2.10. The van der Waals surface area contributed by atoms with E-state index >= 15 is 0 Å². The van der Waals surface area contributed by atoms with Gasteiger partial charge in [-0.1, -0.05) is 6.92 Å². The smallest absolute Gasteiger partial charge is 0.152 e. The first-order valence-electron chi connectivity index (χ1n) is 2.95. The fourth-order valence-electron chi connectivity index (χ4n) is 0.609. The van der Waals surface area contributed by atoms with Gasteiger partial charge in [0.05, 0.1) is 6.07 Å². The number of nitrogens with zero attached hydrogens (tertiary/aromatic N) is 4. The fourth-order valence-corrected chi connectivity index (χ4v) is 0.609. The normalized spacial score (nSPS) is 12.4. The molecule has 1 aromatic rings. The van der Waals surface area contributed by atoms with Crippen LogP contribution in [0.5, 0.6) is 0 Å². The van der Waals surface area contributed by atoms with Crippen molar-refractivity contribution in [1.82, 2.24) is 20.6 Å². The molecule has 0 unspecified atom stereocenters. The Kier molecular flexibility index (Phi) is 1.95. The van der Waals surface area contributed by atoms with Crippen LogP contribution in [0.4, 0.5) is 0 Å². The molecule has 0 radical (unpaired) electrons. The average Bonchev–Trinajstić information content (AvgIpc) is 2.38. The highest BCUT2D eigenvalue weighted by atomic mass is 15.5. The van der Waals surface area contributed by atoms with Crippen LogP contribution in [0, 0.1) is 11.3 Å². The molecular weight excluding hydrogens is 130 g/mol. The fraction of sp³-hybridized carbons (Fsp3) is 0.600. The van der Waals surface area contributed by atoms with Gasteiger partial charge in [-0.05, 0) is 10.4 Å². The number of hydrogen-bond donors (Lipinski definition) is 1. The van der Waals surface area contributed by atoms with E-state index < -0.39 is 0 Å². The summed E-state index contributed by atoms with van der Waals surface area (Å²) < 4.78 is 0. The van der Waals surface area contributed by atoms with Crippen molar-refractivity contribution >= 4 is 0 Å². The van der Waals surface area contributed by atoms with Gasteiger partial charge in [-0.15, -0.1) is 5.10 Å². The van der Waals surface area contributed by atoms with Gasteiger partial charge in [-0.25, -0.2) is 5.10 Å². The van der Waals surface area contributed by atoms with Crippen molar-refractivity contribution in [3.63, 3.8) is 0 Å². The van der Waals surface area contributed by atoms with E-state index in [1.54, 1.807) is 0 Å². The van der Waals surface area contributed by atoms with E-state index in [9.17, 15) is 0 Å². The molecule has 5 heteroatoms. The topological polar surface area (TPSA) is 78.2 Å². The second kappa shape index (κ2) is 2.92. The van der Waals surface area contributed by atoms with Crippen molar-refractivity contribution in [2.75, 3.05) is 0 Å². The molecule has 0 aliphatic heterocycles. The molecule has 10 heavy (non-hydrogen) atoms. The first-order chi connectivity index (χ1) is 4.84. The predicted octanol–water partition coefficient (Wildman–Crippen LogP) is 0.217. The van der Waals surface area contributed by atoms with Gasteiger partial charge >= 0.3 is 0 Å². The number of aromatic nitrogens is 4. The Balaban J connectivity index is 2.61. The SMILES string of the molecule is C[C@@H](CC#N)c1nnn[nH]1. The minimum Gasteiger partial charge on any atom is -0.243 e. The van der Waals surface area contributed by atoms with Crippen molar-refractivity contribution in [3.8, 4) is 6.07 Å². The Hall–Kier alpha value is -1.44. The molecule has 1 N–H and O–H groups in total. The van der Waals surface area contributed by atoms with Crippen LogP contribution < -0.4 is 0 Å². The minimum absolute atomic E-state index is 0.0972. The Bertz CT molecular complexity index is 221. The molecule has 0 fully saturated rings. The van der Waals surface area contributed by atoms with Gasteiger partial charge in [0.1, 0.15) is 0 Å². The standard InChI is InChI=1S/C5H7N5/c1-4(2-3-6)5-7-9-10-8-5/h4H,2H2,1H3,(H,7,8,9,10)/t4-/m0/s1. The molecule has 0 aliphatic carbocycles. The van der Waals surface area contributed by atoms with Crippen LogP contribution in [0.3, 0.4) is 0 Å². The summed E-state index contributed by atoms with van der Waals surface area (Å²) in [5, 5.41) is 21.4. The minimum atomic E-state index is 0.0972. The van der Waals surface area contributed by atoms with E-state index in [0.717, 1.165) is 0 Å². The third-order valence-corrected chi connectivity index (χ3v) is 1.23. The number of H-pyrrole nitrogens is 1. The van der Waals surface area contributed by atoms with Crippen LogP contribution in [0.2, 0.25) is 0 Å². The lowest BCUT2D eigenvalue weighted by atomic mass is 10.1. The Morgan fingerprint density at radius 1 is 1.80 bits per heavy atom. The summed E-state index contributed by atoms with van der Waals surface area (Å²) in [6.45, 7) is 1.89. The molecule has 0 saturated carbocycles. The number of nitriles is 1.